The summed E-state index contributed by atoms with van der Waals surface area (Å²) in [6.07, 6.45) is 3.62. The van der Waals surface area contributed by atoms with E-state index in [9.17, 15) is 0 Å². The first-order valence-corrected chi connectivity index (χ1v) is 7.02. The molecule has 108 valence electrons. The smallest absolute Gasteiger partial charge is 0.0630 e. The lowest BCUT2D eigenvalue weighted by molar-refractivity contribution is 0.344. The van der Waals surface area contributed by atoms with Gasteiger partial charge in [0.05, 0.1) is 11.4 Å². The number of hydrogen-bond acceptors (Lipinski definition) is 4. The first kappa shape index (κ1) is 14.6. The fraction of sp³-hybridized carbons (Fsp3) is 0.438. The quantitative estimate of drug-likeness (QED) is 0.822. The maximum absolute atomic E-state index is 6.29. The van der Waals surface area contributed by atoms with E-state index in [-0.39, 0.29) is 0 Å². The standard InChI is InChI=1S/C16H24N4/c1-11(2)15(10-20(3)4)19-14-6-5-12-9-18-8-7-13(12)16(14)17/h5-9,11,15,19H,10,17H2,1-4H3. The highest BCUT2D eigenvalue weighted by Crippen LogP contribution is 2.29. The highest BCUT2D eigenvalue weighted by Gasteiger charge is 2.15. The molecule has 0 aliphatic rings. The van der Waals surface area contributed by atoms with Gasteiger partial charge in [-0.3, -0.25) is 4.98 Å². The summed E-state index contributed by atoms with van der Waals surface area (Å²) in [6.45, 7) is 5.43. The number of hydrogen-bond donors (Lipinski definition) is 2. The molecular weight excluding hydrogens is 248 g/mol. The van der Waals surface area contributed by atoms with Gasteiger partial charge in [-0.25, -0.2) is 0 Å². The zero-order chi connectivity index (χ0) is 14.7. The highest BCUT2D eigenvalue weighted by atomic mass is 15.1. The fourth-order valence-electron chi connectivity index (χ4n) is 2.33. The third-order valence-electron chi connectivity index (χ3n) is 3.57. The number of rotatable bonds is 5. The van der Waals surface area contributed by atoms with Crippen LogP contribution < -0.4 is 11.1 Å². The lowest BCUT2D eigenvalue weighted by Crippen LogP contribution is -2.36. The van der Waals surface area contributed by atoms with Crippen LogP contribution in [0.3, 0.4) is 0 Å². The maximum atomic E-state index is 6.29. The van der Waals surface area contributed by atoms with Gasteiger partial charge in [0.1, 0.15) is 0 Å². The van der Waals surface area contributed by atoms with Gasteiger partial charge in [-0.1, -0.05) is 19.9 Å². The van der Waals surface area contributed by atoms with Crippen molar-refractivity contribution in [2.75, 3.05) is 31.7 Å². The van der Waals surface area contributed by atoms with Crippen LogP contribution in [0.2, 0.25) is 0 Å². The van der Waals surface area contributed by atoms with Crippen molar-refractivity contribution in [2.45, 2.75) is 19.9 Å². The first-order valence-electron chi connectivity index (χ1n) is 7.02. The number of fused-ring (bicyclic) bond motifs is 1. The minimum Gasteiger partial charge on any atom is -0.397 e. The van der Waals surface area contributed by atoms with E-state index in [0.717, 1.165) is 28.7 Å². The molecule has 1 unspecified atom stereocenters. The molecule has 0 radical (unpaired) electrons. The number of nitrogens with one attached hydrogen (secondary N) is 1. The predicted octanol–water partition coefficient (Wildman–Crippen LogP) is 2.82. The molecule has 0 saturated heterocycles. The van der Waals surface area contributed by atoms with Crippen LogP contribution in [-0.4, -0.2) is 36.6 Å². The summed E-state index contributed by atoms with van der Waals surface area (Å²) in [5, 5.41) is 5.71. The normalized spacial score (nSPS) is 13.1. The number of aromatic nitrogens is 1. The second-order valence-electron chi connectivity index (χ2n) is 5.88. The molecule has 0 spiro atoms. The van der Waals surface area contributed by atoms with Crippen LogP contribution in [-0.2, 0) is 0 Å². The van der Waals surface area contributed by atoms with Crippen molar-refractivity contribution < 1.29 is 0 Å². The van der Waals surface area contributed by atoms with Crippen LogP contribution in [0.5, 0.6) is 0 Å². The topological polar surface area (TPSA) is 54.2 Å². The van der Waals surface area contributed by atoms with Crippen molar-refractivity contribution in [3.8, 4) is 0 Å². The Balaban J connectivity index is 2.30. The van der Waals surface area contributed by atoms with E-state index in [4.69, 9.17) is 5.73 Å². The second kappa shape index (κ2) is 6.09. The summed E-state index contributed by atoms with van der Waals surface area (Å²) in [5.74, 6) is 0.532. The molecule has 2 rings (SSSR count). The summed E-state index contributed by atoms with van der Waals surface area (Å²) in [4.78, 5) is 6.32. The first-order chi connectivity index (χ1) is 9.49. The molecule has 0 bridgehead atoms. The third-order valence-corrected chi connectivity index (χ3v) is 3.57. The van der Waals surface area contributed by atoms with Crippen molar-refractivity contribution in [3.63, 3.8) is 0 Å². The largest absolute Gasteiger partial charge is 0.397 e. The average molecular weight is 272 g/mol. The Morgan fingerprint density at radius 1 is 1.25 bits per heavy atom. The lowest BCUT2D eigenvalue weighted by atomic mass is 10.0. The van der Waals surface area contributed by atoms with Crippen LogP contribution in [0.4, 0.5) is 11.4 Å². The van der Waals surface area contributed by atoms with Crippen LogP contribution in [0.15, 0.2) is 30.6 Å². The molecule has 4 heteroatoms. The van der Waals surface area contributed by atoms with E-state index >= 15 is 0 Å². The molecule has 0 aliphatic heterocycles. The van der Waals surface area contributed by atoms with Crippen LogP contribution in [0, 0.1) is 5.92 Å². The fourth-order valence-corrected chi connectivity index (χ4v) is 2.33. The van der Waals surface area contributed by atoms with Gasteiger partial charge < -0.3 is 16.0 Å². The summed E-state index contributed by atoms with van der Waals surface area (Å²) in [6, 6.07) is 6.44. The van der Waals surface area contributed by atoms with Crippen molar-refractivity contribution in [3.05, 3.63) is 30.6 Å². The zero-order valence-electron chi connectivity index (χ0n) is 12.7. The van der Waals surface area contributed by atoms with Gasteiger partial charge in [0.2, 0.25) is 0 Å². The van der Waals surface area contributed by atoms with Crippen molar-refractivity contribution >= 4 is 22.1 Å². The number of pyridine rings is 1. The van der Waals surface area contributed by atoms with E-state index in [0.29, 0.717) is 12.0 Å². The average Bonchev–Trinajstić information content (AvgIpc) is 2.40. The van der Waals surface area contributed by atoms with Gasteiger partial charge in [-0.2, -0.15) is 0 Å². The van der Waals surface area contributed by atoms with E-state index < -0.39 is 0 Å². The van der Waals surface area contributed by atoms with Gasteiger partial charge in [-0.05, 0) is 32.1 Å². The van der Waals surface area contributed by atoms with Crippen molar-refractivity contribution in [2.24, 2.45) is 5.92 Å². The molecule has 1 atom stereocenters. The Morgan fingerprint density at radius 3 is 2.65 bits per heavy atom. The van der Waals surface area contributed by atoms with Crippen molar-refractivity contribution in [1.29, 1.82) is 0 Å². The number of nitrogen functional groups attached to an aromatic ring is 1. The third kappa shape index (κ3) is 3.20. The predicted molar refractivity (Wildman–Crippen MR) is 87.0 cm³/mol. The van der Waals surface area contributed by atoms with E-state index in [1.54, 1.807) is 6.20 Å². The lowest BCUT2D eigenvalue weighted by Gasteiger charge is -2.27. The number of nitrogens with two attached hydrogens (primary N) is 1. The summed E-state index contributed by atoms with van der Waals surface area (Å²) >= 11 is 0. The molecule has 0 fully saturated rings. The molecule has 20 heavy (non-hydrogen) atoms. The minimum atomic E-state index is 0.367. The molecular formula is C16H24N4. The van der Waals surface area contributed by atoms with Crippen LogP contribution in [0.25, 0.3) is 10.8 Å². The second-order valence-corrected chi connectivity index (χ2v) is 5.88. The van der Waals surface area contributed by atoms with Crippen molar-refractivity contribution in [1.82, 2.24) is 9.88 Å². The Labute approximate surface area is 121 Å². The van der Waals surface area contributed by atoms with E-state index in [1.807, 2.05) is 18.3 Å². The van der Waals surface area contributed by atoms with Crippen LogP contribution >= 0.6 is 0 Å². The zero-order valence-corrected chi connectivity index (χ0v) is 12.7. The monoisotopic (exact) mass is 272 g/mol. The number of benzene rings is 1. The summed E-state index contributed by atoms with van der Waals surface area (Å²) in [5.41, 5.74) is 8.10. The van der Waals surface area contributed by atoms with Crippen LogP contribution in [0.1, 0.15) is 13.8 Å². The molecule has 0 saturated carbocycles. The number of anilines is 2. The Morgan fingerprint density at radius 2 is 2.00 bits per heavy atom. The van der Waals surface area contributed by atoms with E-state index in [1.165, 1.54) is 0 Å². The molecule has 3 N–H and O–H groups in total. The Bertz CT molecular complexity index is 578. The molecule has 1 aromatic carbocycles. The Kier molecular flexibility index (Phi) is 4.45. The molecule has 0 aliphatic carbocycles. The maximum Gasteiger partial charge on any atom is 0.0630 e. The van der Waals surface area contributed by atoms with Gasteiger partial charge in [0.25, 0.3) is 0 Å². The SMILES string of the molecule is CC(C)C(CN(C)C)Nc1ccc2cnccc2c1N. The van der Waals surface area contributed by atoms with E-state index in [2.05, 4.69) is 49.2 Å². The van der Waals surface area contributed by atoms with Gasteiger partial charge in [0, 0.05) is 35.8 Å². The number of nitrogens with zero attached hydrogens (tertiary/aromatic N) is 2. The Hall–Kier alpha value is -1.81. The van der Waals surface area contributed by atoms with Gasteiger partial charge in [-0.15, -0.1) is 0 Å². The number of likely N-dealkylation sites (N-methyl/N-ethyl adjacent to an activating group) is 1. The molecule has 1 aromatic heterocycles. The van der Waals surface area contributed by atoms with Gasteiger partial charge in [0.15, 0.2) is 0 Å². The summed E-state index contributed by atoms with van der Waals surface area (Å²) in [7, 11) is 4.18. The molecule has 4 nitrogen and oxygen atoms in total. The molecule has 1 heterocycles. The minimum absolute atomic E-state index is 0.367. The summed E-state index contributed by atoms with van der Waals surface area (Å²) < 4.78 is 0. The molecule has 0 amide bonds. The molecule has 2 aromatic rings. The highest BCUT2D eigenvalue weighted by molar-refractivity contribution is 5.98. The van der Waals surface area contributed by atoms with Gasteiger partial charge >= 0.3 is 0 Å².